The molecule has 0 aliphatic rings. The van der Waals surface area contributed by atoms with E-state index in [1.54, 1.807) is 13.0 Å². The number of nitrogens with one attached hydrogen (secondary N) is 1. The van der Waals surface area contributed by atoms with Gasteiger partial charge in [0.05, 0.1) is 6.07 Å². The molecular weight excluding hydrogens is 210 g/mol. The zero-order valence-electron chi connectivity index (χ0n) is 9.13. The molecule has 0 heterocycles. The molecule has 1 rings (SSSR count). The van der Waals surface area contributed by atoms with Gasteiger partial charge < -0.3 is 5.32 Å². The van der Waals surface area contributed by atoms with Crippen LogP contribution in [-0.4, -0.2) is 6.54 Å². The Morgan fingerprint density at radius 3 is 2.88 bits per heavy atom. The molecule has 0 bridgehead atoms. The first kappa shape index (κ1) is 12.6. The standard InChI is InChI=1S/C12H14F2N2/c1-9(16-8-3-2-7-15)10-5-4-6-11(13)12(10)14/h4-6,9,16H,2-3,8H2,1H3. The molecule has 0 saturated carbocycles. The second kappa shape index (κ2) is 6.19. The van der Waals surface area contributed by atoms with E-state index < -0.39 is 11.6 Å². The molecule has 4 heteroatoms. The Morgan fingerprint density at radius 2 is 2.19 bits per heavy atom. The molecule has 0 aliphatic heterocycles. The van der Waals surface area contributed by atoms with Crippen molar-refractivity contribution in [2.24, 2.45) is 0 Å². The second-order valence-corrected chi connectivity index (χ2v) is 3.58. The maximum absolute atomic E-state index is 13.4. The molecule has 0 radical (unpaired) electrons. The highest BCUT2D eigenvalue weighted by Crippen LogP contribution is 2.18. The summed E-state index contributed by atoms with van der Waals surface area (Å²) < 4.78 is 26.3. The third kappa shape index (κ3) is 3.28. The third-order valence-electron chi connectivity index (χ3n) is 2.36. The fraction of sp³-hybridized carbons (Fsp3) is 0.417. The van der Waals surface area contributed by atoms with E-state index >= 15 is 0 Å². The van der Waals surface area contributed by atoms with E-state index in [0.29, 0.717) is 24.9 Å². The van der Waals surface area contributed by atoms with Crippen LogP contribution < -0.4 is 5.32 Å². The first-order valence-electron chi connectivity index (χ1n) is 5.21. The Kier molecular flexibility index (Phi) is 4.87. The molecule has 86 valence electrons. The van der Waals surface area contributed by atoms with E-state index in [0.717, 1.165) is 6.07 Å². The predicted octanol–water partition coefficient (Wildman–Crippen LogP) is 2.92. The largest absolute Gasteiger partial charge is 0.310 e. The first-order chi connectivity index (χ1) is 7.66. The van der Waals surface area contributed by atoms with Crippen LogP contribution in [0.3, 0.4) is 0 Å². The van der Waals surface area contributed by atoms with Gasteiger partial charge in [-0.1, -0.05) is 12.1 Å². The molecule has 1 unspecified atom stereocenters. The number of nitriles is 1. The van der Waals surface area contributed by atoms with Gasteiger partial charge in [-0.25, -0.2) is 8.78 Å². The van der Waals surface area contributed by atoms with Crippen molar-refractivity contribution in [2.45, 2.75) is 25.8 Å². The zero-order valence-corrected chi connectivity index (χ0v) is 9.13. The van der Waals surface area contributed by atoms with Crippen LogP contribution in [0.5, 0.6) is 0 Å². The van der Waals surface area contributed by atoms with Crippen molar-refractivity contribution in [3.63, 3.8) is 0 Å². The lowest BCUT2D eigenvalue weighted by atomic mass is 10.1. The van der Waals surface area contributed by atoms with Gasteiger partial charge in [0, 0.05) is 18.0 Å². The fourth-order valence-electron chi connectivity index (χ4n) is 1.45. The lowest BCUT2D eigenvalue weighted by molar-refractivity contribution is 0.471. The maximum Gasteiger partial charge on any atom is 0.163 e. The number of nitrogens with zero attached hydrogens (tertiary/aromatic N) is 1. The lowest BCUT2D eigenvalue weighted by Gasteiger charge is -2.14. The van der Waals surface area contributed by atoms with Crippen molar-refractivity contribution in [3.05, 3.63) is 35.4 Å². The van der Waals surface area contributed by atoms with Crippen LogP contribution in [0.25, 0.3) is 0 Å². The fourth-order valence-corrected chi connectivity index (χ4v) is 1.45. The summed E-state index contributed by atoms with van der Waals surface area (Å²) in [6.45, 7) is 2.38. The minimum Gasteiger partial charge on any atom is -0.310 e. The molecule has 0 aromatic heterocycles. The minimum atomic E-state index is -0.830. The molecule has 1 aromatic carbocycles. The summed E-state index contributed by atoms with van der Waals surface area (Å²) in [5.41, 5.74) is 0.317. The normalized spacial score (nSPS) is 12.1. The summed E-state index contributed by atoms with van der Waals surface area (Å²) in [7, 11) is 0. The third-order valence-corrected chi connectivity index (χ3v) is 2.36. The number of hydrogen-bond donors (Lipinski definition) is 1. The predicted molar refractivity (Wildman–Crippen MR) is 57.6 cm³/mol. The first-order valence-corrected chi connectivity index (χ1v) is 5.21. The highest BCUT2D eigenvalue weighted by atomic mass is 19.2. The highest BCUT2D eigenvalue weighted by Gasteiger charge is 2.12. The van der Waals surface area contributed by atoms with Crippen LogP contribution in [0, 0.1) is 23.0 Å². The van der Waals surface area contributed by atoms with Crippen molar-refractivity contribution in [3.8, 4) is 6.07 Å². The molecule has 0 fully saturated rings. The van der Waals surface area contributed by atoms with Crippen molar-refractivity contribution in [2.75, 3.05) is 6.54 Å². The summed E-state index contributed by atoms with van der Waals surface area (Å²) in [5.74, 6) is -1.63. The summed E-state index contributed by atoms with van der Waals surface area (Å²) in [6, 6.07) is 5.91. The molecule has 16 heavy (non-hydrogen) atoms. The molecule has 1 atom stereocenters. The van der Waals surface area contributed by atoms with E-state index in [9.17, 15) is 8.78 Å². The van der Waals surface area contributed by atoms with Gasteiger partial charge in [0.15, 0.2) is 11.6 Å². The van der Waals surface area contributed by atoms with Crippen LogP contribution >= 0.6 is 0 Å². The molecular formula is C12H14F2N2. The van der Waals surface area contributed by atoms with Gasteiger partial charge in [0.25, 0.3) is 0 Å². The molecule has 2 nitrogen and oxygen atoms in total. The van der Waals surface area contributed by atoms with Crippen molar-refractivity contribution in [1.82, 2.24) is 5.32 Å². The molecule has 0 aliphatic carbocycles. The Labute approximate surface area is 93.9 Å². The number of rotatable bonds is 5. The van der Waals surface area contributed by atoms with Crippen molar-refractivity contribution in [1.29, 1.82) is 5.26 Å². The molecule has 1 N–H and O–H groups in total. The van der Waals surface area contributed by atoms with Crippen LogP contribution in [0.2, 0.25) is 0 Å². The van der Waals surface area contributed by atoms with E-state index in [2.05, 4.69) is 5.32 Å². The Hall–Kier alpha value is -1.47. The number of hydrogen-bond acceptors (Lipinski definition) is 2. The van der Waals surface area contributed by atoms with E-state index in [1.165, 1.54) is 6.07 Å². The maximum atomic E-state index is 13.4. The van der Waals surface area contributed by atoms with Crippen LogP contribution in [0.1, 0.15) is 31.4 Å². The smallest absolute Gasteiger partial charge is 0.163 e. The van der Waals surface area contributed by atoms with Gasteiger partial charge in [0.2, 0.25) is 0 Å². The SMILES string of the molecule is CC(NCCCC#N)c1cccc(F)c1F. The van der Waals surface area contributed by atoms with Gasteiger partial charge in [-0.15, -0.1) is 0 Å². The Morgan fingerprint density at radius 1 is 1.44 bits per heavy atom. The minimum absolute atomic E-state index is 0.255. The van der Waals surface area contributed by atoms with E-state index in [4.69, 9.17) is 5.26 Å². The quantitative estimate of drug-likeness (QED) is 0.780. The average Bonchev–Trinajstić information content (AvgIpc) is 2.28. The van der Waals surface area contributed by atoms with Gasteiger partial charge in [-0.05, 0) is 26.0 Å². The highest BCUT2D eigenvalue weighted by molar-refractivity contribution is 5.21. The lowest BCUT2D eigenvalue weighted by Crippen LogP contribution is -2.21. The van der Waals surface area contributed by atoms with Crippen LogP contribution in [0.15, 0.2) is 18.2 Å². The summed E-state index contributed by atoms with van der Waals surface area (Å²) in [4.78, 5) is 0. The average molecular weight is 224 g/mol. The van der Waals surface area contributed by atoms with E-state index in [1.807, 2.05) is 6.07 Å². The van der Waals surface area contributed by atoms with Crippen LogP contribution in [0.4, 0.5) is 8.78 Å². The molecule has 1 aromatic rings. The summed E-state index contributed by atoms with van der Waals surface area (Å²) in [5, 5.41) is 11.4. The number of benzene rings is 1. The van der Waals surface area contributed by atoms with Gasteiger partial charge in [0.1, 0.15) is 0 Å². The Balaban J connectivity index is 2.56. The Bertz CT molecular complexity index is 385. The van der Waals surface area contributed by atoms with Crippen molar-refractivity contribution >= 4 is 0 Å². The van der Waals surface area contributed by atoms with Crippen LogP contribution in [-0.2, 0) is 0 Å². The summed E-state index contributed by atoms with van der Waals surface area (Å²) >= 11 is 0. The summed E-state index contributed by atoms with van der Waals surface area (Å²) in [6.07, 6.45) is 1.17. The van der Waals surface area contributed by atoms with Gasteiger partial charge in [-0.2, -0.15) is 5.26 Å². The monoisotopic (exact) mass is 224 g/mol. The second-order valence-electron chi connectivity index (χ2n) is 3.58. The molecule has 0 amide bonds. The number of unbranched alkanes of at least 4 members (excludes halogenated alkanes) is 1. The topological polar surface area (TPSA) is 35.8 Å². The molecule has 0 saturated heterocycles. The van der Waals surface area contributed by atoms with Crippen molar-refractivity contribution < 1.29 is 8.78 Å². The molecule has 0 spiro atoms. The number of halogens is 2. The van der Waals surface area contributed by atoms with Gasteiger partial charge >= 0.3 is 0 Å². The van der Waals surface area contributed by atoms with E-state index in [-0.39, 0.29) is 6.04 Å². The zero-order chi connectivity index (χ0) is 12.0. The van der Waals surface area contributed by atoms with Gasteiger partial charge in [-0.3, -0.25) is 0 Å².